The van der Waals surface area contributed by atoms with Crippen molar-refractivity contribution in [1.82, 2.24) is 9.97 Å². The van der Waals surface area contributed by atoms with Gasteiger partial charge in [-0.25, -0.2) is 14.4 Å². The van der Waals surface area contributed by atoms with E-state index in [1.54, 1.807) is 49.6 Å². The molecule has 0 aliphatic carbocycles. The highest BCUT2D eigenvalue weighted by Crippen LogP contribution is 2.24. The standard InChI is InChI=1S/C19H15BrFN3O2S/c1-26-14-7-4-6-13(9-14)23-18(25)17-15(20)10-22-19(24-17)27-11-12-5-2-3-8-16(12)21/h2-10H,11H2,1H3,(H,23,25). The third kappa shape index (κ3) is 5.05. The minimum Gasteiger partial charge on any atom is -0.497 e. The number of halogens is 2. The zero-order chi connectivity index (χ0) is 19.2. The maximum Gasteiger partial charge on any atom is 0.275 e. The lowest BCUT2D eigenvalue weighted by molar-refractivity contribution is 0.102. The molecule has 0 saturated heterocycles. The zero-order valence-corrected chi connectivity index (χ0v) is 16.7. The van der Waals surface area contributed by atoms with Crippen LogP contribution in [0.15, 0.2) is 64.4 Å². The molecule has 3 rings (SSSR count). The molecule has 0 aliphatic rings. The van der Waals surface area contributed by atoms with Crippen LogP contribution in [0.4, 0.5) is 10.1 Å². The summed E-state index contributed by atoms with van der Waals surface area (Å²) in [6.07, 6.45) is 1.51. The highest BCUT2D eigenvalue weighted by Gasteiger charge is 2.15. The quantitative estimate of drug-likeness (QED) is 0.428. The Balaban J connectivity index is 1.74. The second-order valence-electron chi connectivity index (χ2n) is 5.42. The maximum absolute atomic E-state index is 13.7. The molecule has 3 aromatic rings. The van der Waals surface area contributed by atoms with E-state index in [1.165, 1.54) is 24.0 Å². The topological polar surface area (TPSA) is 64.1 Å². The number of aromatic nitrogens is 2. The van der Waals surface area contributed by atoms with Gasteiger partial charge in [-0.2, -0.15) is 0 Å². The van der Waals surface area contributed by atoms with Crippen molar-refractivity contribution in [2.24, 2.45) is 0 Å². The number of benzene rings is 2. The molecule has 1 heterocycles. The number of carbonyl (C=O) groups excluding carboxylic acids is 1. The molecule has 0 fully saturated rings. The first-order valence-corrected chi connectivity index (χ1v) is 9.69. The van der Waals surface area contributed by atoms with Crippen LogP contribution in [-0.2, 0) is 5.75 Å². The molecule has 0 aliphatic heterocycles. The van der Waals surface area contributed by atoms with Crippen molar-refractivity contribution in [3.63, 3.8) is 0 Å². The molecule has 1 aromatic heterocycles. The van der Waals surface area contributed by atoms with Crippen LogP contribution < -0.4 is 10.1 Å². The summed E-state index contributed by atoms with van der Waals surface area (Å²) in [6, 6.07) is 13.6. The molecule has 0 saturated carbocycles. The molecule has 138 valence electrons. The molecule has 27 heavy (non-hydrogen) atoms. The van der Waals surface area contributed by atoms with Gasteiger partial charge in [0.1, 0.15) is 17.3 Å². The average molecular weight is 448 g/mol. The van der Waals surface area contributed by atoms with Crippen molar-refractivity contribution < 1.29 is 13.9 Å². The molecular weight excluding hydrogens is 433 g/mol. The van der Waals surface area contributed by atoms with E-state index in [1.807, 2.05) is 0 Å². The van der Waals surface area contributed by atoms with Gasteiger partial charge in [0.15, 0.2) is 5.16 Å². The minimum atomic E-state index is -0.384. The van der Waals surface area contributed by atoms with Crippen LogP contribution in [0.1, 0.15) is 16.1 Å². The monoisotopic (exact) mass is 447 g/mol. The first kappa shape index (κ1) is 19.3. The number of hydrogen-bond donors (Lipinski definition) is 1. The van der Waals surface area contributed by atoms with Crippen LogP contribution in [0.2, 0.25) is 0 Å². The van der Waals surface area contributed by atoms with Gasteiger partial charge >= 0.3 is 0 Å². The SMILES string of the molecule is COc1cccc(NC(=O)c2nc(SCc3ccccc3F)ncc2Br)c1. The van der Waals surface area contributed by atoms with Crippen molar-refractivity contribution in [3.8, 4) is 5.75 Å². The average Bonchev–Trinajstić information content (AvgIpc) is 2.68. The van der Waals surface area contributed by atoms with Crippen LogP contribution >= 0.6 is 27.7 Å². The van der Waals surface area contributed by atoms with E-state index in [2.05, 4.69) is 31.2 Å². The molecule has 5 nitrogen and oxygen atoms in total. The smallest absolute Gasteiger partial charge is 0.275 e. The van der Waals surface area contributed by atoms with Gasteiger partial charge in [0.25, 0.3) is 5.91 Å². The number of nitrogens with zero attached hydrogens (tertiary/aromatic N) is 2. The third-order valence-electron chi connectivity index (χ3n) is 3.58. The number of nitrogens with one attached hydrogen (secondary N) is 1. The van der Waals surface area contributed by atoms with Gasteiger partial charge in [-0.05, 0) is 39.7 Å². The Morgan fingerprint density at radius 1 is 1.26 bits per heavy atom. The lowest BCUT2D eigenvalue weighted by Gasteiger charge is -2.09. The van der Waals surface area contributed by atoms with Crippen molar-refractivity contribution in [2.75, 3.05) is 12.4 Å². The lowest BCUT2D eigenvalue weighted by atomic mass is 10.2. The molecule has 1 N–H and O–H groups in total. The van der Waals surface area contributed by atoms with Gasteiger partial charge < -0.3 is 10.1 Å². The molecule has 8 heteroatoms. The number of thioether (sulfide) groups is 1. The Hall–Kier alpha value is -2.45. The molecule has 0 bridgehead atoms. The van der Waals surface area contributed by atoms with Gasteiger partial charge in [-0.1, -0.05) is 36.0 Å². The summed E-state index contributed by atoms with van der Waals surface area (Å²) in [6.45, 7) is 0. The number of amides is 1. The number of hydrogen-bond acceptors (Lipinski definition) is 5. The van der Waals surface area contributed by atoms with Gasteiger partial charge in [0, 0.05) is 23.7 Å². The minimum absolute atomic E-state index is 0.198. The Morgan fingerprint density at radius 3 is 2.85 bits per heavy atom. The van der Waals surface area contributed by atoms with Crippen LogP contribution in [0.25, 0.3) is 0 Å². The summed E-state index contributed by atoms with van der Waals surface area (Å²) in [7, 11) is 1.56. The molecule has 0 spiro atoms. The lowest BCUT2D eigenvalue weighted by Crippen LogP contribution is -2.15. The van der Waals surface area contributed by atoms with Gasteiger partial charge in [0.2, 0.25) is 0 Å². The molecule has 2 aromatic carbocycles. The number of ether oxygens (including phenoxy) is 1. The van der Waals surface area contributed by atoms with E-state index >= 15 is 0 Å². The van der Waals surface area contributed by atoms with Crippen molar-refractivity contribution >= 4 is 39.3 Å². The Morgan fingerprint density at radius 2 is 2.07 bits per heavy atom. The molecule has 0 radical (unpaired) electrons. The molecule has 1 amide bonds. The number of carbonyl (C=O) groups is 1. The first-order valence-electron chi connectivity index (χ1n) is 7.91. The van der Waals surface area contributed by atoms with Crippen LogP contribution in [-0.4, -0.2) is 23.0 Å². The normalized spacial score (nSPS) is 10.5. The summed E-state index contributed by atoms with van der Waals surface area (Å²) in [5, 5.41) is 3.16. The van der Waals surface area contributed by atoms with Crippen molar-refractivity contribution in [3.05, 3.63) is 76.3 Å². The largest absolute Gasteiger partial charge is 0.497 e. The van der Waals surface area contributed by atoms with Gasteiger partial charge in [-0.3, -0.25) is 4.79 Å². The van der Waals surface area contributed by atoms with Crippen molar-refractivity contribution in [1.29, 1.82) is 0 Å². The van der Waals surface area contributed by atoms with Crippen LogP contribution in [0, 0.1) is 5.82 Å². The number of anilines is 1. The molecular formula is C19H15BrFN3O2S. The second-order valence-corrected chi connectivity index (χ2v) is 7.21. The predicted octanol–water partition coefficient (Wildman–Crippen LogP) is 4.93. The summed E-state index contributed by atoms with van der Waals surface area (Å²) in [4.78, 5) is 21.1. The fourth-order valence-electron chi connectivity index (χ4n) is 2.23. The van der Waals surface area contributed by atoms with E-state index in [9.17, 15) is 9.18 Å². The maximum atomic E-state index is 13.7. The summed E-state index contributed by atoms with van der Waals surface area (Å²) in [5.74, 6) is 0.338. The van der Waals surface area contributed by atoms with Crippen LogP contribution in [0.5, 0.6) is 5.75 Å². The van der Waals surface area contributed by atoms with E-state index in [4.69, 9.17) is 4.74 Å². The summed E-state index contributed by atoms with van der Waals surface area (Å²) in [5.41, 5.74) is 1.34. The highest BCUT2D eigenvalue weighted by molar-refractivity contribution is 9.10. The Labute approximate surface area is 168 Å². The van der Waals surface area contributed by atoms with E-state index in [-0.39, 0.29) is 17.4 Å². The van der Waals surface area contributed by atoms with E-state index < -0.39 is 0 Å². The third-order valence-corrected chi connectivity index (χ3v) is 5.07. The van der Waals surface area contributed by atoms with Crippen molar-refractivity contribution in [2.45, 2.75) is 10.9 Å². The predicted molar refractivity (Wildman–Crippen MR) is 107 cm³/mol. The zero-order valence-electron chi connectivity index (χ0n) is 14.3. The van der Waals surface area contributed by atoms with Gasteiger partial charge in [0.05, 0.1) is 11.6 Å². The van der Waals surface area contributed by atoms with E-state index in [0.717, 1.165) is 0 Å². The first-order chi connectivity index (χ1) is 13.1. The number of rotatable bonds is 6. The number of methoxy groups -OCH3 is 1. The summed E-state index contributed by atoms with van der Waals surface area (Å²) < 4.78 is 19.4. The highest BCUT2D eigenvalue weighted by atomic mass is 79.9. The Kier molecular flexibility index (Phi) is 6.41. The molecule has 0 unspecified atom stereocenters. The fraction of sp³-hybridized carbons (Fsp3) is 0.105. The van der Waals surface area contributed by atoms with Crippen LogP contribution in [0.3, 0.4) is 0 Å². The Bertz CT molecular complexity index is 971. The molecule has 0 atom stereocenters. The summed E-state index contributed by atoms with van der Waals surface area (Å²) >= 11 is 4.56. The van der Waals surface area contributed by atoms with Gasteiger partial charge in [-0.15, -0.1) is 0 Å². The van der Waals surface area contributed by atoms with E-state index in [0.29, 0.717) is 32.4 Å². The second kappa shape index (κ2) is 8.96. The fourth-order valence-corrected chi connectivity index (χ4v) is 3.40.